The molecule has 4 aromatic rings. The zero-order valence-corrected chi connectivity index (χ0v) is 16.3. The fourth-order valence-corrected chi connectivity index (χ4v) is 4.16. The summed E-state index contributed by atoms with van der Waals surface area (Å²) in [6.45, 7) is 2.24. The van der Waals surface area contributed by atoms with E-state index in [-0.39, 0.29) is 12.5 Å². The number of carbonyl (C=O) groups is 1. The molecule has 7 heteroatoms. The summed E-state index contributed by atoms with van der Waals surface area (Å²) < 4.78 is 3.03. The second-order valence-electron chi connectivity index (χ2n) is 5.83. The lowest BCUT2D eigenvalue weighted by Crippen LogP contribution is -2.19. The lowest BCUT2D eigenvalue weighted by molar-refractivity contribution is -0.116. The van der Waals surface area contributed by atoms with E-state index < -0.39 is 0 Å². The van der Waals surface area contributed by atoms with Gasteiger partial charge in [-0.1, -0.05) is 18.2 Å². The van der Waals surface area contributed by atoms with Crippen LogP contribution < -0.4 is 5.32 Å². The summed E-state index contributed by atoms with van der Waals surface area (Å²) in [6.07, 6.45) is 3.48. The van der Waals surface area contributed by atoms with Gasteiger partial charge in [0.05, 0.1) is 5.69 Å². The Morgan fingerprint density at radius 3 is 2.92 bits per heavy atom. The van der Waals surface area contributed by atoms with Crippen LogP contribution in [0, 0.1) is 6.92 Å². The Balaban J connectivity index is 1.54. The number of hydrogen-bond acceptors (Lipinski definition) is 4. The van der Waals surface area contributed by atoms with Crippen molar-refractivity contribution in [2.24, 2.45) is 0 Å². The highest BCUT2D eigenvalue weighted by molar-refractivity contribution is 9.10. The van der Waals surface area contributed by atoms with Crippen molar-refractivity contribution in [1.82, 2.24) is 14.5 Å². The number of hydrogen-bond donors (Lipinski definition) is 1. The van der Waals surface area contributed by atoms with Crippen LogP contribution in [0.15, 0.2) is 58.6 Å². The molecule has 0 bridgehead atoms. The van der Waals surface area contributed by atoms with Gasteiger partial charge in [-0.3, -0.25) is 9.78 Å². The fourth-order valence-electron chi connectivity index (χ4n) is 2.87. The summed E-state index contributed by atoms with van der Waals surface area (Å²) in [4.78, 5) is 21.1. The van der Waals surface area contributed by atoms with Gasteiger partial charge in [-0.15, -0.1) is 11.3 Å². The predicted molar refractivity (Wildman–Crippen MR) is 108 cm³/mol. The quantitative estimate of drug-likeness (QED) is 0.506. The minimum absolute atomic E-state index is 0.103. The van der Waals surface area contributed by atoms with Gasteiger partial charge in [-0.05, 0) is 41.1 Å². The van der Waals surface area contributed by atoms with Gasteiger partial charge in [0.25, 0.3) is 0 Å². The van der Waals surface area contributed by atoms with Crippen molar-refractivity contribution >= 4 is 49.2 Å². The SMILES string of the molecule is Cc1c(Br)c2ccccc2n1CC(=O)Nc1nc(-c2cccnc2)cs1. The number of thiazole rings is 1. The van der Waals surface area contributed by atoms with Crippen LogP contribution in [0.4, 0.5) is 5.13 Å². The molecule has 5 nitrogen and oxygen atoms in total. The van der Waals surface area contributed by atoms with E-state index in [4.69, 9.17) is 0 Å². The van der Waals surface area contributed by atoms with Gasteiger partial charge < -0.3 is 9.88 Å². The number of pyridine rings is 1. The average Bonchev–Trinajstić information content (AvgIpc) is 3.22. The average molecular weight is 427 g/mol. The maximum absolute atomic E-state index is 12.5. The summed E-state index contributed by atoms with van der Waals surface area (Å²) >= 11 is 5.03. The standard InChI is InChI=1S/C19H15BrN4OS/c1-12-18(20)14-6-2-3-7-16(14)24(12)10-17(25)23-19-22-15(11-26-19)13-5-4-8-21-9-13/h2-9,11H,10H2,1H3,(H,22,23,25). The van der Waals surface area contributed by atoms with Gasteiger partial charge in [0.1, 0.15) is 6.54 Å². The lowest BCUT2D eigenvalue weighted by Gasteiger charge is -2.08. The highest BCUT2D eigenvalue weighted by Gasteiger charge is 2.15. The van der Waals surface area contributed by atoms with Crippen molar-refractivity contribution in [1.29, 1.82) is 0 Å². The van der Waals surface area contributed by atoms with Crippen LogP contribution in [0.3, 0.4) is 0 Å². The number of para-hydroxylation sites is 1. The van der Waals surface area contributed by atoms with E-state index in [1.54, 1.807) is 12.4 Å². The molecule has 1 amide bonds. The Morgan fingerprint density at radius 1 is 1.27 bits per heavy atom. The molecule has 26 heavy (non-hydrogen) atoms. The first-order valence-electron chi connectivity index (χ1n) is 8.02. The number of amides is 1. The largest absolute Gasteiger partial charge is 0.334 e. The molecule has 0 saturated heterocycles. The number of nitrogens with one attached hydrogen (secondary N) is 1. The Morgan fingerprint density at radius 2 is 2.12 bits per heavy atom. The van der Waals surface area contributed by atoms with Crippen molar-refractivity contribution in [3.05, 3.63) is 64.3 Å². The molecule has 3 aromatic heterocycles. The minimum Gasteiger partial charge on any atom is -0.334 e. The molecular formula is C19H15BrN4OS. The van der Waals surface area contributed by atoms with Gasteiger partial charge in [0.2, 0.25) is 5.91 Å². The molecule has 3 heterocycles. The number of nitrogens with zero attached hydrogens (tertiary/aromatic N) is 3. The second kappa shape index (κ2) is 7.01. The monoisotopic (exact) mass is 426 g/mol. The van der Waals surface area contributed by atoms with Crippen molar-refractivity contribution in [2.45, 2.75) is 13.5 Å². The Labute approximate surface area is 162 Å². The molecule has 0 fully saturated rings. The van der Waals surface area contributed by atoms with Crippen LogP contribution >= 0.6 is 27.3 Å². The van der Waals surface area contributed by atoms with Crippen LogP contribution in [0.1, 0.15) is 5.69 Å². The molecule has 0 aliphatic heterocycles. The number of fused-ring (bicyclic) bond motifs is 1. The van der Waals surface area contributed by atoms with Gasteiger partial charge in [0.15, 0.2) is 5.13 Å². The molecule has 1 N–H and O–H groups in total. The molecule has 0 saturated carbocycles. The maximum Gasteiger partial charge on any atom is 0.246 e. The highest BCUT2D eigenvalue weighted by atomic mass is 79.9. The minimum atomic E-state index is -0.103. The molecule has 4 rings (SSSR count). The highest BCUT2D eigenvalue weighted by Crippen LogP contribution is 2.30. The van der Waals surface area contributed by atoms with E-state index in [1.807, 2.05) is 53.3 Å². The number of aromatic nitrogens is 3. The fraction of sp³-hybridized carbons (Fsp3) is 0.105. The first-order chi connectivity index (χ1) is 12.6. The number of carbonyl (C=O) groups excluding carboxylic acids is 1. The van der Waals surface area contributed by atoms with Crippen LogP contribution in [0.5, 0.6) is 0 Å². The van der Waals surface area contributed by atoms with Crippen molar-refractivity contribution in [3.63, 3.8) is 0 Å². The molecule has 130 valence electrons. The van der Waals surface area contributed by atoms with Crippen LogP contribution in [-0.4, -0.2) is 20.4 Å². The predicted octanol–water partition coefficient (Wildman–Crippen LogP) is 4.87. The van der Waals surface area contributed by atoms with Crippen molar-refractivity contribution in [2.75, 3.05) is 5.32 Å². The van der Waals surface area contributed by atoms with Crippen molar-refractivity contribution in [3.8, 4) is 11.3 Å². The van der Waals surface area contributed by atoms with Gasteiger partial charge in [-0.25, -0.2) is 4.98 Å². The van der Waals surface area contributed by atoms with Gasteiger partial charge in [-0.2, -0.15) is 0 Å². The topological polar surface area (TPSA) is 59.8 Å². The summed E-state index contributed by atoms with van der Waals surface area (Å²) in [5, 5.41) is 6.50. The molecule has 0 aliphatic rings. The number of benzene rings is 1. The third kappa shape index (κ3) is 3.15. The molecule has 1 aromatic carbocycles. The number of rotatable bonds is 4. The van der Waals surface area contributed by atoms with E-state index in [9.17, 15) is 4.79 Å². The molecule has 0 unspecified atom stereocenters. The summed E-state index contributed by atoms with van der Waals surface area (Å²) in [6, 6.07) is 11.8. The third-order valence-electron chi connectivity index (χ3n) is 4.16. The summed E-state index contributed by atoms with van der Waals surface area (Å²) in [5.74, 6) is -0.103. The van der Waals surface area contributed by atoms with Crippen LogP contribution in [0.25, 0.3) is 22.2 Å². The van der Waals surface area contributed by atoms with E-state index in [1.165, 1.54) is 11.3 Å². The Bertz CT molecular complexity index is 1090. The van der Waals surface area contributed by atoms with Crippen LogP contribution in [0.2, 0.25) is 0 Å². The maximum atomic E-state index is 12.5. The number of halogens is 1. The number of anilines is 1. The first-order valence-corrected chi connectivity index (χ1v) is 9.70. The molecule has 0 radical (unpaired) electrons. The van der Waals surface area contributed by atoms with E-state index in [0.717, 1.165) is 32.3 Å². The normalized spacial score (nSPS) is 11.0. The lowest BCUT2D eigenvalue weighted by atomic mass is 10.2. The van der Waals surface area contributed by atoms with E-state index in [2.05, 4.69) is 31.2 Å². The van der Waals surface area contributed by atoms with E-state index >= 15 is 0 Å². The third-order valence-corrected chi connectivity index (χ3v) is 5.92. The van der Waals surface area contributed by atoms with Crippen molar-refractivity contribution < 1.29 is 4.79 Å². The van der Waals surface area contributed by atoms with Gasteiger partial charge >= 0.3 is 0 Å². The smallest absolute Gasteiger partial charge is 0.246 e. The first kappa shape index (κ1) is 16.9. The molecular weight excluding hydrogens is 412 g/mol. The summed E-state index contributed by atoms with van der Waals surface area (Å²) in [7, 11) is 0. The van der Waals surface area contributed by atoms with Crippen LogP contribution in [-0.2, 0) is 11.3 Å². The zero-order valence-electron chi connectivity index (χ0n) is 13.9. The van der Waals surface area contributed by atoms with E-state index in [0.29, 0.717) is 5.13 Å². The Kier molecular flexibility index (Phi) is 4.57. The molecule has 0 spiro atoms. The van der Waals surface area contributed by atoms with Gasteiger partial charge in [0, 0.05) is 44.4 Å². The second-order valence-corrected chi connectivity index (χ2v) is 7.48. The molecule has 0 atom stereocenters. The Hall–Kier alpha value is -2.51. The molecule has 0 aliphatic carbocycles. The zero-order chi connectivity index (χ0) is 18.1. The summed E-state index contributed by atoms with van der Waals surface area (Å²) in [5.41, 5.74) is 3.79.